The minimum atomic E-state index is -0.895. The van der Waals surface area contributed by atoms with Crippen LogP contribution in [0.1, 0.15) is 5.56 Å². The number of anilines is 1. The van der Waals surface area contributed by atoms with Crippen LogP contribution < -0.4 is 5.32 Å². The number of halogens is 1. The molecule has 0 fully saturated rings. The molecule has 0 heterocycles. The van der Waals surface area contributed by atoms with Crippen molar-refractivity contribution in [1.82, 2.24) is 4.90 Å². The fraction of sp³-hybridized carbons (Fsp3) is 0.364. The van der Waals surface area contributed by atoms with Crippen LogP contribution in [-0.4, -0.2) is 36.6 Å². The van der Waals surface area contributed by atoms with Crippen LogP contribution >= 0.6 is 11.6 Å². The zero-order valence-corrected chi connectivity index (χ0v) is 10.1. The number of carboxylic acids is 1. The molecule has 0 amide bonds. The van der Waals surface area contributed by atoms with Crippen LogP contribution in [0.25, 0.3) is 0 Å². The summed E-state index contributed by atoms with van der Waals surface area (Å²) in [6, 6.07) is 5.46. The van der Waals surface area contributed by atoms with Crippen LogP contribution in [0.3, 0.4) is 0 Å². The number of hydrogen-bond acceptors (Lipinski definition) is 3. The van der Waals surface area contributed by atoms with Gasteiger partial charge in [0.1, 0.15) is 6.54 Å². The van der Waals surface area contributed by atoms with Gasteiger partial charge in [0.15, 0.2) is 0 Å². The van der Waals surface area contributed by atoms with Gasteiger partial charge in [0.25, 0.3) is 0 Å². The second-order valence-corrected chi connectivity index (χ2v) is 4.20. The molecule has 0 atom stereocenters. The fourth-order valence-electron chi connectivity index (χ4n) is 1.30. The van der Waals surface area contributed by atoms with Crippen molar-refractivity contribution in [2.75, 3.05) is 26.0 Å². The molecule has 1 rings (SSSR count). The van der Waals surface area contributed by atoms with Gasteiger partial charge in [-0.25, -0.2) is 0 Å². The van der Waals surface area contributed by atoms with Crippen LogP contribution in [0, 0.1) is 0 Å². The fourth-order valence-corrected chi connectivity index (χ4v) is 1.54. The summed E-state index contributed by atoms with van der Waals surface area (Å²) in [7, 11) is 3.93. The van der Waals surface area contributed by atoms with E-state index in [1.165, 1.54) is 0 Å². The van der Waals surface area contributed by atoms with E-state index in [1.54, 1.807) is 6.07 Å². The normalized spacial score (nSPS) is 10.5. The Balaban J connectivity index is 2.70. The van der Waals surface area contributed by atoms with E-state index in [0.717, 1.165) is 17.8 Å². The number of benzene rings is 1. The monoisotopic (exact) mass is 242 g/mol. The number of hydrogen-bond donors (Lipinski definition) is 2. The highest BCUT2D eigenvalue weighted by atomic mass is 35.5. The first-order valence-electron chi connectivity index (χ1n) is 4.88. The Morgan fingerprint density at radius 3 is 2.69 bits per heavy atom. The predicted molar refractivity (Wildman–Crippen MR) is 65.0 cm³/mol. The largest absolute Gasteiger partial charge is 0.480 e. The van der Waals surface area contributed by atoms with E-state index in [0.29, 0.717) is 5.02 Å². The maximum atomic E-state index is 10.4. The Morgan fingerprint density at radius 1 is 1.50 bits per heavy atom. The molecule has 2 N–H and O–H groups in total. The first-order valence-corrected chi connectivity index (χ1v) is 5.25. The van der Waals surface area contributed by atoms with Gasteiger partial charge in [-0.1, -0.05) is 17.7 Å². The van der Waals surface area contributed by atoms with Gasteiger partial charge in [-0.15, -0.1) is 0 Å². The summed E-state index contributed by atoms with van der Waals surface area (Å²) >= 11 is 6.07. The van der Waals surface area contributed by atoms with E-state index < -0.39 is 5.97 Å². The molecular formula is C11H15ClN2O2. The summed E-state index contributed by atoms with van der Waals surface area (Å²) in [5.41, 5.74) is 1.74. The topological polar surface area (TPSA) is 52.6 Å². The highest BCUT2D eigenvalue weighted by Crippen LogP contribution is 2.21. The average Bonchev–Trinajstić information content (AvgIpc) is 2.18. The van der Waals surface area contributed by atoms with Crippen molar-refractivity contribution in [3.63, 3.8) is 0 Å². The maximum Gasteiger partial charge on any atom is 0.322 e. The van der Waals surface area contributed by atoms with E-state index in [1.807, 2.05) is 31.1 Å². The lowest BCUT2D eigenvalue weighted by atomic mass is 10.2. The molecule has 4 nitrogen and oxygen atoms in total. The lowest BCUT2D eigenvalue weighted by Gasteiger charge is -2.12. The van der Waals surface area contributed by atoms with Crippen LogP contribution in [0.4, 0.5) is 5.69 Å². The highest BCUT2D eigenvalue weighted by molar-refractivity contribution is 6.31. The van der Waals surface area contributed by atoms with Crippen molar-refractivity contribution in [3.05, 3.63) is 28.8 Å². The van der Waals surface area contributed by atoms with Gasteiger partial charge in [-0.05, 0) is 31.8 Å². The molecule has 0 spiro atoms. The molecule has 0 radical (unpaired) electrons. The molecule has 0 unspecified atom stereocenters. The third-order valence-corrected chi connectivity index (χ3v) is 2.34. The second-order valence-electron chi connectivity index (χ2n) is 3.79. The number of carboxylic acid groups (broad SMARTS) is 1. The molecule has 88 valence electrons. The van der Waals surface area contributed by atoms with Crippen LogP contribution in [0.2, 0.25) is 5.02 Å². The third-order valence-electron chi connectivity index (χ3n) is 1.98. The minimum absolute atomic E-state index is 0.108. The molecule has 0 bridgehead atoms. The molecule has 0 aliphatic carbocycles. The first-order chi connectivity index (χ1) is 7.49. The Bertz CT molecular complexity index is 380. The maximum absolute atomic E-state index is 10.4. The zero-order valence-electron chi connectivity index (χ0n) is 9.33. The molecule has 16 heavy (non-hydrogen) atoms. The SMILES string of the molecule is CN(C)Cc1ccc(NCC(=O)O)cc1Cl. The number of rotatable bonds is 5. The van der Waals surface area contributed by atoms with E-state index in [2.05, 4.69) is 5.32 Å². The van der Waals surface area contributed by atoms with Gasteiger partial charge < -0.3 is 15.3 Å². The van der Waals surface area contributed by atoms with Gasteiger partial charge >= 0.3 is 5.97 Å². The molecule has 5 heteroatoms. The number of nitrogens with zero attached hydrogens (tertiary/aromatic N) is 1. The zero-order chi connectivity index (χ0) is 12.1. The summed E-state index contributed by atoms with van der Waals surface area (Å²) in [6.45, 7) is 0.654. The number of carbonyl (C=O) groups is 1. The molecule has 0 aliphatic heterocycles. The lowest BCUT2D eigenvalue weighted by molar-refractivity contribution is -0.134. The second kappa shape index (κ2) is 5.72. The average molecular weight is 243 g/mol. The molecule has 1 aromatic carbocycles. The van der Waals surface area contributed by atoms with Gasteiger partial charge in [0.05, 0.1) is 0 Å². The Morgan fingerprint density at radius 2 is 2.19 bits per heavy atom. The summed E-state index contributed by atoms with van der Waals surface area (Å²) in [6.07, 6.45) is 0. The first kappa shape index (κ1) is 12.8. The van der Waals surface area contributed by atoms with Crippen molar-refractivity contribution < 1.29 is 9.90 Å². The quantitative estimate of drug-likeness (QED) is 0.828. The van der Waals surface area contributed by atoms with Crippen LogP contribution in [0.5, 0.6) is 0 Å². The van der Waals surface area contributed by atoms with E-state index in [-0.39, 0.29) is 6.54 Å². The molecule has 0 aromatic heterocycles. The molecule has 1 aromatic rings. The standard InChI is InChI=1S/C11H15ClN2O2/c1-14(2)7-8-3-4-9(5-10(8)12)13-6-11(15)16/h3-5,13H,6-7H2,1-2H3,(H,15,16). The lowest BCUT2D eigenvalue weighted by Crippen LogP contribution is -2.13. The summed E-state index contributed by atoms with van der Waals surface area (Å²) < 4.78 is 0. The van der Waals surface area contributed by atoms with Gasteiger partial charge in [-0.3, -0.25) is 4.79 Å². The van der Waals surface area contributed by atoms with Crippen molar-refractivity contribution in [2.45, 2.75) is 6.54 Å². The third kappa shape index (κ3) is 4.08. The van der Waals surface area contributed by atoms with E-state index in [9.17, 15) is 4.79 Å². The summed E-state index contributed by atoms with van der Waals surface area (Å²) in [5, 5.41) is 11.9. The van der Waals surface area contributed by atoms with Crippen LogP contribution in [-0.2, 0) is 11.3 Å². The Labute approximate surface area is 99.8 Å². The van der Waals surface area contributed by atoms with E-state index >= 15 is 0 Å². The van der Waals surface area contributed by atoms with Crippen molar-refractivity contribution >= 4 is 23.3 Å². The van der Waals surface area contributed by atoms with E-state index in [4.69, 9.17) is 16.7 Å². The van der Waals surface area contributed by atoms with Crippen LogP contribution in [0.15, 0.2) is 18.2 Å². The van der Waals surface area contributed by atoms with Crippen molar-refractivity contribution in [1.29, 1.82) is 0 Å². The number of aliphatic carboxylic acids is 1. The summed E-state index contributed by atoms with van der Waals surface area (Å²) in [4.78, 5) is 12.4. The smallest absolute Gasteiger partial charge is 0.322 e. The van der Waals surface area contributed by atoms with Gasteiger partial charge in [0.2, 0.25) is 0 Å². The Hall–Kier alpha value is -1.26. The van der Waals surface area contributed by atoms with Crippen molar-refractivity contribution in [2.24, 2.45) is 0 Å². The van der Waals surface area contributed by atoms with Crippen molar-refractivity contribution in [3.8, 4) is 0 Å². The van der Waals surface area contributed by atoms with Gasteiger partial charge in [0, 0.05) is 17.3 Å². The predicted octanol–water partition coefficient (Wildman–Crippen LogP) is 1.90. The molecule has 0 aliphatic rings. The Kier molecular flexibility index (Phi) is 4.58. The van der Waals surface area contributed by atoms with Gasteiger partial charge in [-0.2, -0.15) is 0 Å². The molecule has 0 saturated carbocycles. The highest BCUT2D eigenvalue weighted by Gasteiger charge is 2.04. The summed E-state index contributed by atoms with van der Waals surface area (Å²) in [5.74, 6) is -0.895. The molecule has 0 saturated heterocycles. The molecular weight excluding hydrogens is 228 g/mol. The minimum Gasteiger partial charge on any atom is -0.480 e. The number of nitrogens with one attached hydrogen (secondary N) is 1.